The van der Waals surface area contributed by atoms with Crippen LogP contribution in [0.3, 0.4) is 0 Å². The number of aryl methyl sites for hydroxylation is 2. The first kappa shape index (κ1) is 19.0. The molecular weight excluding hydrogens is 370 g/mol. The molecule has 0 amide bonds. The molecular formula is C22H27N3O2S. The van der Waals surface area contributed by atoms with Crippen LogP contribution in [-0.4, -0.2) is 23.7 Å². The summed E-state index contributed by atoms with van der Waals surface area (Å²) in [4.78, 5) is 22.7. The lowest BCUT2D eigenvalue weighted by molar-refractivity contribution is 0.414. The average Bonchev–Trinajstić information content (AvgIpc) is 3.09. The molecule has 0 fully saturated rings. The highest BCUT2D eigenvalue weighted by Gasteiger charge is 2.23. The third kappa shape index (κ3) is 3.41. The van der Waals surface area contributed by atoms with E-state index >= 15 is 0 Å². The van der Waals surface area contributed by atoms with Crippen LogP contribution in [0.25, 0.3) is 10.2 Å². The van der Waals surface area contributed by atoms with E-state index in [0.717, 1.165) is 46.7 Å². The smallest absolute Gasteiger partial charge is 0.263 e. The number of thiophene rings is 1. The van der Waals surface area contributed by atoms with Crippen molar-refractivity contribution in [2.75, 3.05) is 19.1 Å². The highest BCUT2D eigenvalue weighted by atomic mass is 32.1. The fourth-order valence-corrected chi connectivity index (χ4v) is 5.27. The van der Waals surface area contributed by atoms with Gasteiger partial charge in [-0.3, -0.25) is 9.36 Å². The Hall–Kier alpha value is -2.34. The summed E-state index contributed by atoms with van der Waals surface area (Å²) in [6.45, 7) is 3.48. The predicted molar refractivity (Wildman–Crippen MR) is 116 cm³/mol. The van der Waals surface area contributed by atoms with Crippen LogP contribution in [0.5, 0.6) is 5.75 Å². The van der Waals surface area contributed by atoms with Crippen molar-refractivity contribution in [2.45, 2.75) is 52.1 Å². The van der Waals surface area contributed by atoms with Crippen molar-refractivity contribution in [3.05, 3.63) is 50.6 Å². The number of fused-ring (bicyclic) bond motifs is 3. The fourth-order valence-electron chi connectivity index (χ4n) is 4.02. The van der Waals surface area contributed by atoms with Gasteiger partial charge in [0.1, 0.15) is 10.6 Å². The third-order valence-corrected chi connectivity index (χ3v) is 6.61. The summed E-state index contributed by atoms with van der Waals surface area (Å²) in [5.74, 6) is 1.60. The summed E-state index contributed by atoms with van der Waals surface area (Å²) < 4.78 is 7.11. The van der Waals surface area contributed by atoms with Crippen molar-refractivity contribution in [3.63, 3.8) is 0 Å². The Morgan fingerprint density at radius 2 is 1.96 bits per heavy atom. The van der Waals surface area contributed by atoms with E-state index in [4.69, 9.17) is 9.72 Å². The zero-order chi connectivity index (χ0) is 19.7. The number of aromatic nitrogens is 2. The molecule has 3 aromatic rings. The number of anilines is 1. The topological polar surface area (TPSA) is 47.4 Å². The first-order chi connectivity index (χ1) is 13.6. The molecule has 2 aromatic heterocycles. The Morgan fingerprint density at radius 1 is 1.21 bits per heavy atom. The normalized spacial score (nSPS) is 13.5. The van der Waals surface area contributed by atoms with Gasteiger partial charge in [-0.05, 0) is 55.4 Å². The highest BCUT2D eigenvalue weighted by molar-refractivity contribution is 7.18. The molecule has 0 saturated carbocycles. The second-order valence-electron chi connectivity index (χ2n) is 7.46. The van der Waals surface area contributed by atoms with Crippen molar-refractivity contribution < 1.29 is 4.74 Å². The molecule has 2 heterocycles. The second kappa shape index (κ2) is 7.95. The molecule has 0 atom stereocenters. The molecule has 0 unspecified atom stereocenters. The van der Waals surface area contributed by atoms with Crippen molar-refractivity contribution in [1.82, 2.24) is 9.55 Å². The Bertz CT molecular complexity index is 1040. The third-order valence-electron chi connectivity index (χ3n) is 5.42. The van der Waals surface area contributed by atoms with Gasteiger partial charge in [-0.1, -0.05) is 19.1 Å². The number of nitrogens with zero attached hydrogens (tertiary/aromatic N) is 3. The predicted octanol–water partition coefficient (Wildman–Crippen LogP) is 4.39. The van der Waals surface area contributed by atoms with Crippen molar-refractivity contribution >= 4 is 27.5 Å². The Balaban J connectivity index is 1.76. The van der Waals surface area contributed by atoms with E-state index in [1.165, 1.54) is 23.3 Å². The summed E-state index contributed by atoms with van der Waals surface area (Å²) >= 11 is 1.72. The summed E-state index contributed by atoms with van der Waals surface area (Å²) in [6.07, 6.45) is 5.39. The van der Waals surface area contributed by atoms with Gasteiger partial charge in [0.15, 0.2) is 0 Å². The summed E-state index contributed by atoms with van der Waals surface area (Å²) in [5, 5.41) is 0.870. The van der Waals surface area contributed by atoms with E-state index in [9.17, 15) is 4.79 Å². The molecule has 0 aliphatic heterocycles. The lowest BCUT2D eigenvalue weighted by Gasteiger charge is -2.22. The maximum atomic E-state index is 13.4. The number of hydrogen-bond acceptors (Lipinski definition) is 5. The zero-order valence-electron chi connectivity index (χ0n) is 16.8. The first-order valence-corrected chi connectivity index (χ1v) is 10.8. The van der Waals surface area contributed by atoms with Crippen LogP contribution in [0.15, 0.2) is 29.1 Å². The van der Waals surface area contributed by atoms with Crippen LogP contribution >= 0.6 is 11.3 Å². The Kier molecular flexibility index (Phi) is 5.40. The molecule has 148 valence electrons. The van der Waals surface area contributed by atoms with Gasteiger partial charge in [0.25, 0.3) is 5.56 Å². The van der Waals surface area contributed by atoms with Crippen LogP contribution < -0.4 is 15.2 Å². The molecule has 28 heavy (non-hydrogen) atoms. The second-order valence-corrected chi connectivity index (χ2v) is 8.55. The van der Waals surface area contributed by atoms with Gasteiger partial charge in [0, 0.05) is 25.0 Å². The summed E-state index contributed by atoms with van der Waals surface area (Å²) in [6, 6.07) is 8.04. The molecule has 0 spiro atoms. The molecule has 1 aromatic carbocycles. The average molecular weight is 398 g/mol. The molecule has 5 nitrogen and oxygen atoms in total. The van der Waals surface area contributed by atoms with Crippen LogP contribution in [0.4, 0.5) is 5.95 Å². The van der Waals surface area contributed by atoms with E-state index in [0.29, 0.717) is 13.1 Å². The highest BCUT2D eigenvalue weighted by Crippen LogP contribution is 2.34. The number of ether oxygens (including phenoxy) is 1. The first-order valence-electron chi connectivity index (χ1n) is 10.0. The number of rotatable bonds is 6. The van der Waals surface area contributed by atoms with Gasteiger partial charge in [-0.15, -0.1) is 11.3 Å². The Morgan fingerprint density at radius 3 is 2.68 bits per heavy atom. The van der Waals surface area contributed by atoms with Gasteiger partial charge in [-0.2, -0.15) is 0 Å². The molecule has 0 N–H and O–H groups in total. The van der Waals surface area contributed by atoms with E-state index in [1.54, 1.807) is 18.4 Å². The van der Waals surface area contributed by atoms with Crippen molar-refractivity contribution in [2.24, 2.45) is 0 Å². The molecule has 0 bridgehead atoms. The summed E-state index contributed by atoms with van der Waals surface area (Å²) in [7, 11) is 3.68. The Labute approximate surface area is 169 Å². The number of benzene rings is 1. The molecule has 4 rings (SSSR count). The van der Waals surface area contributed by atoms with Gasteiger partial charge in [-0.25, -0.2) is 4.98 Å². The minimum Gasteiger partial charge on any atom is -0.497 e. The van der Waals surface area contributed by atoms with Gasteiger partial charge < -0.3 is 9.64 Å². The van der Waals surface area contributed by atoms with E-state index in [-0.39, 0.29) is 5.56 Å². The number of methoxy groups -OCH3 is 1. The molecule has 6 heteroatoms. The molecule has 1 aliphatic carbocycles. The lowest BCUT2D eigenvalue weighted by Crippen LogP contribution is -2.30. The minimum absolute atomic E-state index is 0.128. The van der Waals surface area contributed by atoms with Crippen LogP contribution in [0.1, 0.15) is 42.2 Å². The van der Waals surface area contributed by atoms with E-state index < -0.39 is 0 Å². The number of hydrogen-bond donors (Lipinski definition) is 0. The molecule has 0 radical (unpaired) electrons. The fraction of sp³-hybridized carbons (Fsp3) is 0.455. The van der Waals surface area contributed by atoms with Crippen LogP contribution in [0, 0.1) is 0 Å². The van der Waals surface area contributed by atoms with E-state index in [2.05, 4.69) is 24.0 Å². The van der Waals surface area contributed by atoms with Crippen molar-refractivity contribution in [3.8, 4) is 5.75 Å². The quantitative estimate of drug-likeness (QED) is 0.619. The summed E-state index contributed by atoms with van der Waals surface area (Å²) in [5.41, 5.74) is 2.55. The standard InChI is InChI=1S/C22H27N3O2S/c1-4-13-25-21(26)19-17-7-5-6-8-18(17)28-20(19)23-22(25)24(2)14-15-9-11-16(27-3)12-10-15/h9-12H,4-8,13-14H2,1-3H3. The minimum atomic E-state index is 0.128. The zero-order valence-corrected chi connectivity index (χ0v) is 17.6. The van der Waals surface area contributed by atoms with Gasteiger partial charge in [0.2, 0.25) is 5.95 Å². The lowest BCUT2D eigenvalue weighted by atomic mass is 9.97. The largest absolute Gasteiger partial charge is 0.497 e. The van der Waals surface area contributed by atoms with Gasteiger partial charge >= 0.3 is 0 Å². The van der Waals surface area contributed by atoms with Crippen LogP contribution in [0.2, 0.25) is 0 Å². The monoisotopic (exact) mass is 397 g/mol. The van der Waals surface area contributed by atoms with Gasteiger partial charge in [0.05, 0.1) is 12.5 Å². The molecule has 1 aliphatic rings. The maximum absolute atomic E-state index is 13.4. The molecule has 0 saturated heterocycles. The maximum Gasteiger partial charge on any atom is 0.263 e. The van der Waals surface area contributed by atoms with E-state index in [1.807, 2.05) is 23.7 Å². The van der Waals surface area contributed by atoms with Crippen LogP contribution in [-0.2, 0) is 25.9 Å². The SMILES string of the molecule is CCCn1c(N(C)Cc2ccc(OC)cc2)nc2sc3c(c2c1=O)CCCC3. The van der Waals surface area contributed by atoms with Crippen molar-refractivity contribution in [1.29, 1.82) is 0 Å².